The molecule has 0 N–H and O–H groups in total. The van der Waals surface area contributed by atoms with E-state index in [-0.39, 0.29) is 11.2 Å². The smallest absolute Gasteiger partial charge is 0.457 e. The van der Waals surface area contributed by atoms with Gasteiger partial charge < -0.3 is 18.8 Å². The number of ether oxygens (including phenoxy) is 2. The minimum absolute atomic E-state index is 0.352. The molecule has 0 amide bonds. The molecular formula is C15H23BN2O4. The van der Waals surface area contributed by atoms with Crippen molar-refractivity contribution in [2.75, 3.05) is 0 Å². The molecule has 7 heteroatoms. The Kier molecular flexibility index (Phi) is 3.34. The molecule has 0 bridgehead atoms. The quantitative estimate of drug-likeness (QED) is 0.797. The Morgan fingerprint density at radius 3 is 2.27 bits per heavy atom. The van der Waals surface area contributed by atoms with Crippen molar-refractivity contribution in [1.82, 2.24) is 9.78 Å². The number of aromatic nitrogens is 2. The second-order valence-corrected chi connectivity index (χ2v) is 7.26. The Hall–Kier alpha value is -1.47. The lowest BCUT2D eigenvalue weighted by atomic mass is 9.82. The highest BCUT2D eigenvalue weighted by Gasteiger charge is 2.52. The summed E-state index contributed by atoms with van der Waals surface area (Å²) in [5.41, 5.74) is 0.195. The number of rotatable bonds is 3. The molecule has 22 heavy (non-hydrogen) atoms. The van der Waals surface area contributed by atoms with Crippen LogP contribution in [0.5, 0.6) is 0 Å². The maximum absolute atomic E-state index is 6.02. The molecule has 3 rings (SSSR count). The van der Waals surface area contributed by atoms with Gasteiger partial charge in [0.05, 0.1) is 11.2 Å². The van der Waals surface area contributed by atoms with E-state index in [0.29, 0.717) is 6.54 Å². The first kappa shape index (κ1) is 15.4. The highest BCUT2D eigenvalue weighted by Crippen LogP contribution is 2.36. The van der Waals surface area contributed by atoms with Crippen LogP contribution >= 0.6 is 0 Å². The van der Waals surface area contributed by atoms with E-state index in [1.54, 1.807) is 17.1 Å². The van der Waals surface area contributed by atoms with Crippen LogP contribution in [0.1, 0.15) is 41.5 Å². The largest absolute Gasteiger partial charge is 0.498 e. The fraction of sp³-hybridized carbons (Fsp3) is 0.667. The zero-order chi connectivity index (χ0) is 16.2. The van der Waals surface area contributed by atoms with Crippen molar-refractivity contribution < 1.29 is 18.8 Å². The normalized spacial score (nSPS) is 24.8. The molecule has 2 aliphatic rings. The highest BCUT2D eigenvalue weighted by molar-refractivity contribution is 6.61. The number of hydrogen-bond donors (Lipinski definition) is 0. The van der Waals surface area contributed by atoms with Gasteiger partial charge in [0, 0.05) is 31.7 Å². The van der Waals surface area contributed by atoms with E-state index in [4.69, 9.17) is 18.8 Å². The molecule has 0 radical (unpaired) electrons. The zero-order valence-electron chi connectivity index (χ0n) is 14.0. The van der Waals surface area contributed by atoms with Crippen molar-refractivity contribution in [2.24, 2.45) is 0 Å². The summed E-state index contributed by atoms with van der Waals surface area (Å²) in [6.45, 7) is 12.4. The molecule has 0 saturated carbocycles. The monoisotopic (exact) mass is 306 g/mol. The molecule has 1 aromatic rings. The van der Waals surface area contributed by atoms with Crippen LogP contribution < -0.4 is 5.46 Å². The second-order valence-electron chi connectivity index (χ2n) is 7.26. The summed E-state index contributed by atoms with van der Waals surface area (Å²) in [6, 6.07) is 0. The van der Waals surface area contributed by atoms with Crippen LogP contribution in [-0.4, -0.2) is 33.9 Å². The molecule has 1 fully saturated rings. The van der Waals surface area contributed by atoms with E-state index in [2.05, 4.69) is 5.10 Å². The average molecular weight is 306 g/mol. The van der Waals surface area contributed by atoms with Gasteiger partial charge in [-0.3, -0.25) is 4.68 Å². The summed E-state index contributed by atoms with van der Waals surface area (Å²) in [7, 11) is -0.398. The lowest BCUT2D eigenvalue weighted by molar-refractivity contribution is -0.118. The molecule has 1 saturated heterocycles. The van der Waals surface area contributed by atoms with E-state index < -0.39 is 12.9 Å². The van der Waals surface area contributed by atoms with E-state index >= 15 is 0 Å². The number of nitrogens with zero attached hydrogens (tertiary/aromatic N) is 2. The van der Waals surface area contributed by atoms with Gasteiger partial charge in [-0.1, -0.05) is 0 Å². The molecule has 0 aromatic carbocycles. The second kappa shape index (κ2) is 4.76. The maximum Gasteiger partial charge on any atom is 0.498 e. The molecule has 0 atom stereocenters. The molecule has 0 aliphatic carbocycles. The van der Waals surface area contributed by atoms with Gasteiger partial charge in [-0.25, -0.2) is 0 Å². The van der Waals surface area contributed by atoms with Crippen LogP contribution in [0, 0.1) is 0 Å². The molecule has 120 valence electrons. The molecule has 6 nitrogen and oxygen atoms in total. The lowest BCUT2D eigenvalue weighted by Crippen LogP contribution is -2.41. The fourth-order valence-electron chi connectivity index (χ4n) is 2.37. The minimum Gasteiger partial charge on any atom is -0.457 e. The van der Waals surface area contributed by atoms with Crippen LogP contribution in [0.4, 0.5) is 0 Å². The van der Waals surface area contributed by atoms with Gasteiger partial charge in [-0.05, 0) is 27.7 Å². The first-order valence-corrected chi connectivity index (χ1v) is 7.52. The third kappa shape index (κ3) is 2.75. The number of hydrogen-bond acceptors (Lipinski definition) is 5. The Labute approximate surface area is 131 Å². The van der Waals surface area contributed by atoms with E-state index in [0.717, 1.165) is 11.2 Å². The third-order valence-corrected chi connectivity index (χ3v) is 4.35. The summed E-state index contributed by atoms with van der Waals surface area (Å²) >= 11 is 0. The van der Waals surface area contributed by atoms with Gasteiger partial charge in [-0.2, -0.15) is 5.10 Å². The van der Waals surface area contributed by atoms with Gasteiger partial charge in [0.15, 0.2) is 5.76 Å². The molecule has 1 aromatic heterocycles. The fourth-order valence-corrected chi connectivity index (χ4v) is 2.37. The van der Waals surface area contributed by atoms with Gasteiger partial charge in [0.2, 0.25) is 5.79 Å². The van der Waals surface area contributed by atoms with Crippen LogP contribution in [-0.2, 0) is 25.3 Å². The molecule has 3 heterocycles. The Morgan fingerprint density at radius 2 is 1.73 bits per heavy atom. The van der Waals surface area contributed by atoms with Crippen LogP contribution in [0.2, 0.25) is 0 Å². The predicted molar refractivity (Wildman–Crippen MR) is 82.3 cm³/mol. The van der Waals surface area contributed by atoms with Gasteiger partial charge in [0.1, 0.15) is 12.8 Å². The van der Waals surface area contributed by atoms with Crippen LogP contribution in [0.15, 0.2) is 24.4 Å². The Bertz CT molecular complexity index is 590. The summed E-state index contributed by atoms with van der Waals surface area (Å²) in [6.07, 6.45) is 5.32. The average Bonchev–Trinajstić information content (AvgIpc) is 2.99. The van der Waals surface area contributed by atoms with E-state index in [1.165, 1.54) is 0 Å². The standard InChI is InChI=1S/C15H23BN2O4/c1-13(2)14(3,4)22-16(21-13)11-7-17-18(8-11)9-12-10-19-15(5,6)20-12/h7-8,10H,9H2,1-6H3. The summed E-state index contributed by atoms with van der Waals surface area (Å²) in [4.78, 5) is 0. The van der Waals surface area contributed by atoms with Gasteiger partial charge in [-0.15, -0.1) is 0 Å². The van der Waals surface area contributed by atoms with Crippen LogP contribution in [0.25, 0.3) is 0 Å². The summed E-state index contributed by atoms with van der Waals surface area (Å²) in [5, 5.41) is 4.35. The van der Waals surface area contributed by atoms with Gasteiger partial charge in [0.25, 0.3) is 0 Å². The summed E-state index contributed by atoms with van der Waals surface area (Å²) in [5.74, 6) is 0.144. The van der Waals surface area contributed by atoms with Crippen molar-refractivity contribution in [2.45, 2.75) is 65.1 Å². The predicted octanol–water partition coefficient (Wildman–Crippen LogP) is 1.81. The third-order valence-electron chi connectivity index (χ3n) is 4.35. The minimum atomic E-state index is -0.600. The number of allylic oxidation sites excluding steroid dienone is 1. The molecular weight excluding hydrogens is 283 g/mol. The van der Waals surface area contributed by atoms with Crippen molar-refractivity contribution >= 4 is 12.6 Å². The van der Waals surface area contributed by atoms with Gasteiger partial charge >= 0.3 is 7.12 Å². The molecule has 0 spiro atoms. The first-order valence-electron chi connectivity index (χ1n) is 7.52. The topological polar surface area (TPSA) is 54.7 Å². The summed E-state index contributed by atoms with van der Waals surface area (Å²) < 4.78 is 24.9. The van der Waals surface area contributed by atoms with E-state index in [1.807, 2.05) is 47.7 Å². The maximum atomic E-state index is 6.02. The SMILES string of the molecule is CC1(C)OC=C(Cn2cc(B3OC(C)(C)C(C)(C)O3)cn2)O1. The van der Waals surface area contributed by atoms with Crippen molar-refractivity contribution in [1.29, 1.82) is 0 Å². The Morgan fingerprint density at radius 1 is 1.09 bits per heavy atom. The van der Waals surface area contributed by atoms with Crippen molar-refractivity contribution in [3.8, 4) is 0 Å². The highest BCUT2D eigenvalue weighted by atomic mass is 16.7. The Balaban J connectivity index is 1.68. The van der Waals surface area contributed by atoms with E-state index in [9.17, 15) is 0 Å². The first-order chi connectivity index (χ1) is 10.1. The van der Waals surface area contributed by atoms with Crippen LogP contribution in [0.3, 0.4) is 0 Å². The molecule has 0 unspecified atom stereocenters. The lowest BCUT2D eigenvalue weighted by Gasteiger charge is -2.32. The zero-order valence-corrected chi connectivity index (χ0v) is 14.0. The van der Waals surface area contributed by atoms with Crippen molar-refractivity contribution in [3.63, 3.8) is 0 Å². The van der Waals surface area contributed by atoms with Crippen molar-refractivity contribution in [3.05, 3.63) is 24.4 Å². The molecule has 2 aliphatic heterocycles.